The van der Waals surface area contributed by atoms with Gasteiger partial charge < -0.3 is 9.15 Å². The Balaban J connectivity index is 1.62. The van der Waals surface area contributed by atoms with Gasteiger partial charge in [-0.2, -0.15) is 5.10 Å². The molecule has 5 nitrogen and oxygen atoms in total. The fraction of sp³-hybridized carbons (Fsp3) is 0.0526. The highest BCUT2D eigenvalue weighted by molar-refractivity contribution is 9.10. The standard InChI is InChI=1S/C19H13BrN2O3/c1-2-9-24-16-6-3-13(4-7-16)12-21-22-19(23)18-11-14-10-15(20)5-8-17(14)25-18/h1,3-8,10-12H,9H2,(H,22,23)/b21-12+. The molecule has 0 saturated heterocycles. The van der Waals surface area contributed by atoms with Crippen LogP contribution in [0.5, 0.6) is 5.75 Å². The van der Waals surface area contributed by atoms with Crippen molar-refractivity contribution in [2.75, 3.05) is 6.61 Å². The van der Waals surface area contributed by atoms with Gasteiger partial charge in [-0.1, -0.05) is 21.9 Å². The molecular formula is C19H13BrN2O3. The van der Waals surface area contributed by atoms with Crippen LogP contribution in [0.15, 0.2) is 62.5 Å². The molecule has 0 unspecified atom stereocenters. The van der Waals surface area contributed by atoms with E-state index in [1.807, 2.05) is 12.1 Å². The first-order valence-electron chi connectivity index (χ1n) is 7.34. The molecule has 0 spiro atoms. The largest absolute Gasteiger partial charge is 0.481 e. The molecule has 1 heterocycles. The maximum absolute atomic E-state index is 12.1. The quantitative estimate of drug-likeness (QED) is 0.403. The number of amides is 1. The lowest BCUT2D eigenvalue weighted by Crippen LogP contribution is -2.16. The van der Waals surface area contributed by atoms with Gasteiger partial charge in [0.25, 0.3) is 0 Å². The molecule has 1 amide bonds. The average Bonchev–Trinajstić information content (AvgIpc) is 3.04. The number of hydrogen-bond donors (Lipinski definition) is 1. The number of benzene rings is 2. The molecule has 3 aromatic rings. The number of hydrazone groups is 1. The maximum atomic E-state index is 12.1. The second kappa shape index (κ2) is 7.69. The van der Waals surface area contributed by atoms with Crippen molar-refractivity contribution < 1.29 is 13.9 Å². The van der Waals surface area contributed by atoms with Gasteiger partial charge in [-0.05, 0) is 54.1 Å². The summed E-state index contributed by atoms with van der Waals surface area (Å²) in [7, 11) is 0. The van der Waals surface area contributed by atoms with Gasteiger partial charge in [-0.25, -0.2) is 5.43 Å². The van der Waals surface area contributed by atoms with Gasteiger partial charge in [0, 0.05) is 9.86 Å². The lowest BCUT2D eigenvalue weighted by Gasteiger charge is -2.01. The fourth-order valence-electron chi connectivity index (χ4n) is 2.12. The van der Waals surface area contributed by atoms with Gasteiger partial charge in [-0.3, -0.25) is 4.79 Å². The zero-order valence-corrected chi connectivity index (χ0v) is 14.6. The molecule has 0 aliphatic carbocycles. The third kappa shape index (κ3) is 4.28. The van der Waals surface area contributed by atoms with Crippen LogP contribution < -0.4 is 10.2 Å². The van der Waals surface area contributed by atoms with E-state index in [4.69, 9.17) is 15.6 Å². The van der Waals surface area contributed by atoms with Crippen LogP contribution in [-0.2, 0) is 0 Å². The first-order valence-corrected chi connectivity index (χ1v) is 8.14. The van der Waals surface area contributed by atoms with Crippen molar-refractivity contribution in [3.63, 3.8) is 0 Å². The van der Waals surface area contributed by atoms with E-state index >= 15 is 0 Å². The summed E-state index contributed by atoms with van der Waals surface area (Å²) in [6.07, 6.45) is 6.66. The topological polar surface area (TPSA) is 63.8 Å². The third-order valence-electron chi connectivity index (χ3n) is 3.28. The summed E-state index contributed by atoms with van der Waals surface area (Å²) in [4.78, 5) is 12.1. The Morgan fingerprint density at radius 3 is 2.84 bits per heavy atom. The Morgan fingerprint density at radius 2 is 2.08 bits per heavy atom. The van der Waals surface area contributed by atoms with Gasteiger partial charge in [0.15, 0.2) is 5.76 Å². The maximum Gasteiger partial charge on any atom is 0.307 e. The van der Waals surface area contributed by atoms with Crippen LogP contribution in [0, 0.1) is 12.3 Å². The van der Waals surface area contributed by atoms with Crippen molar-refractivity contribution in [1.82, 2.24) is 5.43 Å². The molecule has 0 aliphatic rings. The van der Waals surface area contributed by atoms with E-state index in [0.717, 1.165) is 15.4 Å². The van der Waals surface area contributed by atoms with Crippen molar-refractivity contribution in [2.24, 2.45) is 5.10 Å². The molecule has 0 radical (unpaired) electrons. The Kier molecular flexibility index (Phi) is 5.17. The van der Waals surface area contributed by atoms with Crippen LogP contribution in [0.3, 0.4) is 0 Å². The molecule has 6 heteroatoms. The number of fused-ring (bicyclic) bond motifs is 1. The molecular weight excluding hydrogens is 384 g/mol. The predicted molar refractivity (Wildman–Crippen MR) is 99.7 cm³/mol. The molecule has 0 fully saturated rings. The van der Waals surface area contributed by atoms with E-state index < -0.39 is 5.91 Å². The van der Waals surface area contributed by atoms with Crippen molar-refractivity contribution >= 4 is 39.0 Å². The lowest BCUT2D eigenvalue weighted by molar-refractivity contribution is 0.0929. The summed E-state index contributed by atoms with van der Waals surface area (Å²) in [5.41, 5.74) is 3.89. The number of rotatable bonds is 5. The van der Waals surface area contributed by atoms with Gasteiger partial charge in [0.05, 0.1) is 6.21 Å². The van der Waals surface area contributed by atoms with Crippen LogP contribution in [0.1, 0.15) is 16.1 Å². The van der Waals surface area contributed by atoms with E-state index in [1.54, 1.807) is 36.4 Å². The lowest BCUT2D eigenvalue weighted by atomic mass is 10.2. The molecule has 0 bridgehead atoms. The van der Waals surface area contributed by atoms with Crippen molar-refractivity contribution in [2.45, 2.75) is 0 Å². The van der Waals surface area contributed by atoms with Crippen LogP contribution in [0.25, 0.3) is 11.0 Å². The SMILES string of the molecule is C#CCOc1ccc(/C=N/NC(=O)c2cc3cc(Br)ccc3o2)cc1. The summed E-state index contributed by atoms with van der Waals surface area (Å²) >= 11 is 3.38. The number of carbonyl (C=O) groups is 1. The number of terminal acetylenes is 1. The number of carbonyl (C=O) groups excluding carboxylic acids is 1. The second-order valence-electron chi connectivity index (χ2n) is 5.05. The minimum absolute atomic E-state index is 0.197. The molecule has 2 aromatic carbocycles. The van der Waals surface area contributed by atoms with E-state index in [0.29, 0.717) is 11.3 Å². The van der Waals surface area contributed by atoms with Crippen LogP contribution in [0.2, 0.25) is 0 Å². The summed E-state index contributed by atoms with van der Waals surface area (Å²) in [5.74, 6) is 2.85. The number of hydrogen-bond acceptors (Lipinski definition) is 4. The molecule has 124 valence electrons. The Morgan fingerprint density at radius 1 is 1.28 bits per heavy atom. The monoisotopic (exact) mass is 396 g/mol. The predicted octanol–water partition coefficient (Wildman–Crippen LogP) is 3.97. The fourth-order valence-corrected chi connectivity index (χ4v) is 2.50. The van der Waals surface area contributed by atoms with Gasteiger partial charge in [0.1, 0.15) is 17.9 Å². The molecule has 1 aromatic heterocycles. The normalized spacial score (nSPS) is 10.7. The van der Waals surface area contributed by atoms with Crippen LogP contribution >= 0.6 is 15.9 Å². The van der Waals surface area contributed by atoms with Crippen LogP contribution in [0.4, 0.5) is 0 Å². The smallest absolute Gasteiger partial charge is 0.307 e. The minimum Gasteiger partial charge on any atom is -0.481 e. The van der Waals surface area contributed by atoms with E-state index in [9.17, 15) is 4.79 Å². The Labute approximate surface area is 152 Å². The Bertz CT molecular complexity index is 968. The van der Waals surface area contributed by atoms with E-state index in [1.165, 1.54) is 6.21 Å². The van der Waals surface area contributed by atoms with E-state index in [-0.39, 0.29) is 12.4 Å². The van der Waals surface area contributed by atoms with Crippen molar-refractivity contribution in [1.29, 1.82) is 0 Å². The van der Waals surface area contributed by atoms with Gasteiger partial charge in [-0.15, -0.1) is 6.42 Å². The average molecular weight is 397 g/mol. The summed E-state index contributed by atoms with van der Waals surface area (Å²) < 4.78 is 11.7. The van der Waals surface area contributed by atoms with Crippen molar-refractivity contribution in [3.05, 3.63) is 64.3 Å². The van der Waals surface area contributed by atoms with Crippen molar-refractivity contribution in [3.8, 4) is 18.1 Å². The number of furan rings is 1. The number of ether oxygens (including phenoxy) is 1. The Hall–Kier alpha value is -3.04. The van der Waals surface area contributed by atoms with Gasteiger partial charge in [0.2, 0.25) is 0 Å². The molecule has 0 atom stereocenters. The molecule has 25 heavy (non-hydrogen) atoms. The van der Waals surface area contributed by atoms with Gasteiger partial charge >= 0.3 is 5.91 Å². The zero-order chi connectivity index (χ0) is 17.6. The highest BCUT2D eigenvalue weighted by Gasteiger charge is 2.11. The highest BCUT2D eigenvalue weighted by atomic mass is 79.9. The summed E-state index contributed by atoms with van der Waals surface area (Å²) in [5, 5.41) is 4.77. The molecule has 0 saturated carbocycles. The molecule has 0 aliphatic heterocycles. The molecule has 1 N–H and O–H groups in total. The minimum atomic E-state index is -0.419. The highest BCUT2D eigenvalue weighted by Crippen LogP contribution is 2.23. The number of nitrogens with zero attached hydrogens (tertiary/aromatic N) is 1. The van der Waals surface area contributed by atoms with E-state index in [2.05, 4.69) is 32.4 Å². The number of halogens is 1. The third-order valence-corrected chi connectivity index (χ3v) is 3.78. The van der Waals surface area contributed by atoms with Crippen LogP contribution in [-0.4, -0.2) is 18.7 Å². The first kappa shape index (κ1) is 16.8. The summed E-state index contributed by atoms with van der Waals surface area (Å²) in [6.45, 7) is 0.220. The summed E-state index contributed by atoms with van der Waals surface area (Å²) in [6, 6.07) is 14.4. The number of nitrogens with one attached hydrogen (secondary N) is 1. The molecule has 3 rings (SSSR count). The first-order chi connectivity index (χ1) is 12.2. The second-order valence-corrected chi connectivity index (χ2v) is 5.97. The zero-order valence-electron chi connectivity index (χ0n) is 13.0.